The lowest BCUT2D eigenvalue weighted by Crippen LogP contribution is -2.61. The summed E-state index contributed by atoms with van der Waals surface area (Å²) in [7, 11) is 0. The molecule has 1 aromatic rings. The van der Waals surface area contributed by atoms with Crippen LogP contribution in [0.3, 0.4) is 0 Å². The number of nitrogens with zero attached hydrogens (tertiary/aromatic N) is 1. The van der Waals surface area contributed by atoms with Gasteiger partial charge >= 0.3 is 12.1 Å². The van der Waals surface area contributed by atoms with Crippen LogP contribution in [0.5, 0.6) is 0 Å². The summed E-state index contributed by atoms with van der Waals surface area (Å²) >= 11 is 0. The minimum atomic E-state index is -0.829. The van der Waals surface area contributed by atoms with E-state index in [4.69, 9.17) is 9.84 Å². The van der Waals surface area contributed by atoms with Crippen molar-refractivity contribution in [3.05, 3.63) is 35.9 Å². The first-order valence-electron chi connectivity index (χ1n) is 10.3. The third kappa shape index (κ3) is 4.05. The van der Waals surface area contributed by atoms with Crippen molar-refractivity contribution in [3.63, 3.8) is 0 Å². The van der Waals surface area contributed by atoms with Gasteiger partial charge in [-0.05, 0) is 49.5 Å². The van der Waals surface area contributed by atoms with Crippen LogP contribution in [0.4, 0.5) is 4.79 Å². The fraction of sp³-hybridized carbons (Fsp3) is 0.591. The Kier molecular flexibility index (Phi) is 5.38. The molecule has 6 nitrogen and oxygen atoms in total. The number of aliphatic carboxylic acids is 1. The lowest BCUT2D eigenvalue weighted by Gasteiger charge is -2.53. The third-order valence-corrected chi connectivity index (χ3v) is 6.45. The van der Waals surface area contributed by atoms with Gasteiger partial charge in [0, 0.05) is 30.8 Å². The topological polar surface area (TPSA) is 83.9 Å². The maximum Gasteiger partial charge on any atom is 0.410 e. The van der Waals surface area contributed by atoms with Crippen molar-refractivity contribution in [3.8, 4) is 0 Å². The molecule has 1 aromatic carbocycles. The van der Waals surface area contributed by atoms with Crippen LogP contribution in [0.1, 0.15) is 44.1 Å². The van der Waals surface area contributed by atoms with Crippen LogP contribution >= 0.6 is 0 Å². The molecule has 2 aliphatic carbocycles. The van der Waals surface area contributed by atoms with Gasteiger partial charge in [-0.15, -0.1) is 0 Å². The van der Waals surface area contributed by atoms with Crippen molar-refractivity contribution in [2.45, 2.75) is 51.2 Å². The van der Waals surface area contributed by atoms with Crippen molar-refractivity contribution in [2.24, 2.45) is 23.7 Å². The van der Waals surface area contributed by atoms with Gasteiger partial charge in [-0.3, -0.25) is 9.59 Å². The van der Waals surface area contributed by atoms with E-state index in [2.05, 4.69) is 0 Å². The number of carboxylic acids is 1. The molecule has 2 saturated carbocycles. The van der Waals surface area contributed by atoms with E-state index in [9.17, 15) is 14.4 Å². The number of Topliss-reactive ketones (excluding diaryl/α,β-unsaturated/α-hetero) is 1. The summed E-state index contributed by atoms with van der Waals surface area (Å²) in [6, 6.07) is 9.31. The number of benzene rings is 1. The Hall–Kier alpha value is -2.37. The number of carbonyl (C=O) groups is 3. The number of fused-ring (bicyclic) bond motifs is 3. The van der Waals surface area contributed by atoms with Crippen LogP contribution < -0.4 is 0 Å². The lowest BCUT2D eigenvalue weighted by atomic mass is 9.64. The van der Waals surface area contributed by atoms with Crippen molar-refractivity contribution in [1.29, 1.82) is 0 Å². The van der Waals surface area contributed by atoms with Crippen LogP contribution in [0.2, 0.25) is 0 Å². The molecule has 2 saturated heterocycles. The second-order valence-electron chi connectivity index (χ2n) is 8.50. The van der Waals surface area contributed by atoms with Crippen molar-refractivity contribution < 1.29 is 24.2 Å². The molecule has 2 unspecified atom stereocenters. The third-order valence-electron chi connectivity index (χ3n) is 6.45. The van der Waals surface area contributed by atoms with E-state index >= 15 is 0 Å². The molecule has 4 atom stereocenters. The largest absolute Gasteiger partial charge is 0.481 e. The van der Waals surface area contributed by atoms with Gasteiger partial charge in [-0.2, -0.15) is 0 Å². The molecule has 2 heterocycles. The summed E-state index contributed by atoms with van der Waals surface area (Å²) in [6.45, 7) is 0.810. The molecule has 2 aliphatic heterocycles. The van der Waals surface area contributed by atoms with Gasteiger partial charge in [0.1, 0.15) is 12.4 Å². The van der Waals surface area contributed by atoms with Gasteiger partial charge in [-0.1, -0.05) is 30.3 Å². The van der Waals surface area contributed by atoms with Crippen LogP contribution in [-0.2, 0) is 20.9 Å². The highest BCUT2D eigenvalue weighted by atomic mass is 16.6. The first-order chi connectivity index (χ1) is 13.5. The first kappa shape index (κ1) is 19.0. The first-order valence-corrected chi connectivity index (χ1v) is 10.3. The minimum absolute atomic E-state index is 0.0561. The Labute approximate surface area is 164 Å². The van der Waals surface area contributed by atoms with E-state index in [0.29, 0.717) is 13.0 Å². The van der Waals surface area contributed by atoms with E-state index < -0.39 is 5.97 Å². The summed E-state index contributed by atoms with van der Waals surface area (Å²) < 4.78 is 5.56. The molecule has 1 N–H and O–H groups in total. The van der Waals surface area contributed by atoms with Crippen molar-refractivity contribution in [1.82, 2.24) is 4.90 Å². The monoisotopic (exact) mass is 385 g/mol. The smallest absolute Gasteiger partial charge is 0.410 e. The quantitative estimate of drug-likeness (QED) is 0.777. The van der Waals surface area contributed by atoms with E-state index in [1.165, 1.54) is 0 Å². The Morgan fingerprint density at radius 3 is 2.54 bits per heavy atom. The van der Waals surface area contributed by atoms with Gasteiger partial charge < -0.3 is 14.7 Å². The van der Waals surface area contributed by atoms with Crippen molar-refractivity contribution in [2.75, 3.05) is 6.54 Å². The van der Waals surface area contributed by atoms with Gasteiger partial charge in [0.05, 0.1) is 0 Å². The zero-order valence-corrected chi connectivity index (χ0v) is 16.0. The molecule has 4 aliphatic rings. The van der Waals surface area contributed by atoms with Gasteiger partial charge in [0.15, 0.2) is 0 Å². The maximum absolute atomic E-state index is 12.9. The second kappa shape index (κ2) is 7.94. The van der Waals surface area contributed by atoms with E-state index in [-0.39, 0.29) is 54.6 Å². The summed E-state index contributed by atoms with van der Waals surface area (Å²) in [6.07, 6.45) is 3.82. The number of hydrogen-bond donors (Lipinski definition) is 1. The van der Waals surface area contributed by atoms with E-state index in [1.807, 2.05) is 30.3 Å². The van der Waals surface area contributed by atoms with E-state index in [1.54, 1.807) is 4.90 Å². The van der Waals surface area contributed by atoms with Gasteiger partial charge in [-0.25, -0.2) is 4.79 Å². The predicted molar refractivity (Wildman–Crippen MR) is 101 cm³/mol. The SMILES string of the molecule is O=C(O)CCC1C[C@@H]2CC(C(=O)C3CC3)[C@H]1N(C(=O)OCc1ccccc1)C2. The molecular weight excluding hydrogens is 358 g/mol. The molecule has 5 rings (SSSR count). The Morgan fingerprint density at radius 1 is 1.11 bits per heavy atom. The highest BCUT2D eigenvalue weighted by molar-refractivity contribution is 5.87. The Bertz CT molecular complexity index is 745. The maximum atomic E-state index is 12.9. The lowest BCUT2D eigenvalue weighted by molar-refractivity contribution is -0.138. The highest BCUT2D eigenvalue weighted by Gasteiger charge is 2.53. The Morgan fingerprint density at radius 2 is 1.86 bits per heavy atom. The number of hydrogen-bond acceptors (Lipinski definition) is 4. The standard InChI is InChI=1S/C22H27NO5/c24-19(25)9-8-17-10-15-11-18(21(26)16-6-7-16)20(17)23(12-15)22(27)28-13-14-4-2-1-3-5-14/h1-5,15-18,20H,6-13H2,(H,24,25)/t15-,17?,18?,20+/m1/s1. The number of carbonyl (C=O) groups excluding carboxylic acids is 2. The van der Waals surface area contributed by atoms with Crippen LogP contribution in [0.25, 0.3) is 0 Å². The molecule has 0 radical (unpaired) electrons. The number of ether oxygens (including phenoxy) is 1. The van der Waals surface area contributed by atoms with Gasteiger partial charge in [0.2, 0.25) is 0 Å². The summed E-state index contributed by atoms with van der Waals surface area (Å²) in [5, 5.41) is 9.10. The highest BCUT2D eigenvalue weighted by Crippen LogP contribution is 2.48. The molecule has 28 heavy (non-hydrogen) atoms. The zero-order chi connectivity index (χ0) is 19.7. The molecule has 6 heteroatoms. The summed E-state index contributed by atoms with van der Waals surface area (Å²) in [4.78, 5) is 38.6. The molecular formula is C22H27NO5. The number of carboxylic acid groups (broad SMARTS) is 1. The molecule has 2 bridgehead atoms. The summed E-state index contributed by atoms with van der Waals surface area (Å²) in [5.74, 6) is -0.267. The second-order valence-corrected chi connectivity index (χ2v) is 8.50. The molecule has 0 spiro atoms. The van der Waals surface area contributed by atoms with E-state index in [0.717, 1.165) is 31.2 Å². The van der Waals surface area contributed by atoms with Crippen LogP contribution in [0.15, 0.2) is 30.3 Å². The average molecular weight is 385 g/mol. The normalized spacial score (nSPS) is 28.8. The Balaban J connectivity index is 1.49. The fourth-order valence-corrected chi connectivity index (χ4v) is 5.06. The van der Waals surface area contributed by atoms with Crippen LogP contribution in [-0.4, -0.2) is 40.4 Å². The molecule has 4 fully saturated rings. The van der Waals surface area contributed by atoms with Crippen molar-refractivity contribution >= 4 is 17.8 Å². The molecule has 150 valence electrons. The molecule has 0 aromatic heterocycles. The van der Waals surface area contributed by atoms with Gasteiger partial charge in [0.25, 0.3) is 0 Å². The van der Waals surface area contributed by atoms with Crippen LogP contribution in [0, 0.1) is 23.7 Å². The number of piperidine rings is 2. The predicted octanol–water partition coefficient (Wildman–Crippen LogP) is 3.49. The summed E-state index contributed by atoms with van der Waals surface area (Å²) in [5.41, 5.74) is 0.922. The molecule has 1 amide bonds. The minimum Gasteiger partial charge on any atom is -0.481 e. The number of ketones is 1. The zero-order valence-electron chi connectivity index (χ0n) is 16.0. The number of rotatable bonds is 7. The number of amides is 1. The fourth-order valence-electron chi connectivity index (χ4n) is 5.06. The average Bonchev–Trinajstić information content (AvgIpc) is 3.56.